The molecule has 100 valence electrons. The highest BCUT2D eigenvalue weighted by Crippen LogP contribution is 2.23. The highest BCUT2D eigenvalue weighted by atomic mass is 32.1. The number of hydrogen-bond acceptors (Lipinski definition) is 4. The number of aryl methyl sites for hydroxylation is 1. The Hall–Kier alpha value is -2.40. The molecule has 3 aromatic rings. The maximum absolute atomic E-state index is 12.2. The van der Waals surface area contributed by atoms with E-state index in [1.54, 1.807) is 6.92 Å². The molecular formula is C15H13N3OS. The van der Waals surface area contributed by atoms with Crippen molar-refractivity contribution in [3.63, 3.8) is 0 Å². The van der Waals surface area contributed by atoms with Crippen LogP contribution in [-0.2, 0) is 0 Å². The molecule has 0 spiro atoms. The van der Waals surface area contributed by atoms with Crippen molar-refractivity contribution in [3.05, 3.63) is 53.0 Å². The second-order valence-electron chi connectivity index (χ2n) is 4.48. The van der Waals surface area contributed by atoms with Crippen molar-refractivity contribution in [3.8, 4) is 0 Å². The Labute approximate surface area is 120 Å². The molecule has 0 radical (unpaired) electrons. The number of nitrogens with zero attached hydrogens (tertiary/aromatic N) is 1. The van der Waals surface area contributed by atoms with Crippen LogP contribution in [0.5, 0.6) is 0 Å². The molecule has 0 saturated heterocycles. The summed E-state index contributed by atoms with van der Waals surface area (Å²) in [5.74, 6) is -0.174. The van der Waals surface area contributed by atoms with Gasteiger partial charge in [0.25, 0.3) is 5.91 Å². The lowest BCUT2D eigenvalue weighted by Crippen LogP contribution is -2.11. The molecule has 1 heterocycles. The van der Waals surface area contributed by atoms with E-state index in [9.17, 15) is 4.79 Å². The number of nitrogens with one attached hydrogen (secondary N) is 1. The van der Waals surface area contributed by atoms with Gasteiger partial charge >= 0.3 is 0 Å². The average molecular weight is 283 g/mol. The highest BCUT2D eigenvalue weighted by Gasteiger charge is 2.14. The van der Waals surface area contributed by atoms with Crippen LogP contribution in [-0.4, -0.2) is 10.9 Å². The predicted octanol–water partition coefficient (Wildman–Crippen LogP) is 3.44. The number of hydrogen-bond donors (Lipinski definition) is 2. The summed E-state index contributed by atoms with van der Waals surface area (Å²) in [4.78, 5) is 16.8. The molecule has 4 nitrogen and oxygen atoms in total. The Balaban J connectivity index is 1.89. The van der Waals surface area contributed by atoms with E-state index in [1.807, 2.05) is 42.5 Å². The fourth-order valence-electron chi connectivity index (χ4n) is 2.08. The number of aromatic nitrogens is 1. The van der Waals surface area contributed by atoms with Gasteiger partial charge in [-0.05, 0) is 29.8 Å². The molecule has 1 aromatic heterocycles. The summed E-state index contributed by atoms with van der Waals surface area (Å²) >= 11 is 1.20. The Morgan fingerprint density at radius 3 is 2.65 bits per heavy atom. The van der Waals surface area contributed by atoms with E-state index < -0.39 is 0 Å². The molecule has 3 N–H and O–H groups in total. The van der Waals surface area contributed by atoms with Crippen molar-refractivity contribution >= 4 is 38.8 Å². The lowest BCUT2D eigenvalue weighted by molar-refractivity contribution is 0.103. The van der Waals surface area contributed by atoms with Crippen molar-refractivity contribution in [1.29, 1.82) is 0 Å². The monoisotopic (exact) mass is 283 g/mol. The minimum Gasteiger partial charge on any atom is -0.375 e. The smallest absolute Gasteiger partial charge is 0.267 e. The second-order valence-corrected chi connectivity index (χ2v) is 5.51. The van der Waals surface area contributed by atoms with Gasteiger partial charge in [-0.1, -0.05) is 41.7 Å². The van der Waals surface area contributed by atoms with Crippen LogP contribution in [0.25, 0.3) is 10.8 Å². The van der Waals surface area contributed by atoms with Crippen molar-refractivity contribution in [2.75, 3.05) is 11.1 Å². The highest BCUT2D eigenvalue weighted by molar-refractivity contribution is 7.17. The summed E-state index contributed by atoms with van der Waals surface area (Å²) in [5, 5.41) is 5.52. The van der Waals surface area contributed by atoms with Gasteiger partial charge in [0.15, 0.2) is 5.13 Å². The normalized spacial score (nSPS) is 10.7. The van der Waals surface area contributed by atoms with Crippen LogP contribution in [0.2, 0.25) is 0 Å². The first kappa shape index (κ1) is 12.6. The number of carbonyl (C=O) groups is 1. The molecule has 1 amide bonds. The number of nitrogens with two attached hydrogens (primary N) is 1. The fourth-order valence-corrected chi connectivity index (χ4v) is 2.81. The molecule has 20 heavy (non-hydrogen) atoms. The summed E-state index contributed by atoms with van der Waals surface area (Å²) in [5.41, 5.74) is 7.03. The number of carbonyl (C=O) groups excluding carboxylic acids is 1. The van der Waals surface area contributed by atoms with E-state index >= 15 is 0 Å². The SMILES string of the molecule is Cc1nc(N)sc1C(=O)Nc1ccc2ccccc2c1. The number of rotatable bonds is 2. The van der Waals surface area contributed by atoms with Gasteiger partial charge < -0.3 is 11.1 Å². The zero-order chi connectivity index (χ0) is 14.1. The summed E-state index contributed by atoms with van der Waals surface area (Å²) < 4.78 is 0. The van der Waals surface area contributed by atoms with E-state index in [4.69, 9.17) is 5.73 Å². The molecule has 0 fully saturated rings. The molecular weight excluding hydrogens is 270 g/mol. The summed E-state index contributed by atoms with van der Waals surface area (Å²) in [6.07, 6.45) is 0. The average Bonchev–Trinajstić information content (AvgIpc) is 2.78. The van der Waals surface area contributed by atoms with Crippen molar-refractivity contribution in [2.24, 2.45) is 0 Å². The van der Waals surface area contributed by atoms with Gasteiger partial charge in [0.05, 0.1) is 5.69 Å². The number of fused-ring (bicyclic) bond motifs is 1. The third kappa shape index (κ3) is 2.35. The fraction of sp³-hybridized carbons (Fsp3) is 0.0667. The molecule has 0 bridgehead atoms. The first-order chi connectivity index (χ1) is 9.63. The lowest BCUT2D eigenvalue weighted by atomic mass is 10.1. The van der Waals surface area contributed by atoms with E-state index in [0.717, 1.165) is 16.5 Å². The minimum absolute atomic E-state index is 0.174. The zero-order valence-electron chi connectivity index (χ0n) is 10.9. The Bertz CT molecular complexity index is 795. The van der Waals surface area contributed by atoms with E-state index in [-0.39, 0.29) is 5.91 Å². The summed E-state index contributed by atoms with van der Waals surface area (Å²) in [7, 11) is 0. The summed E-state index contributed by atoms with van der Waals surface area (Å²) in [6, 6.07) is 13.8. The van der Waals surface area contributed by atoms with Gasteiger partial charge in [0.2, 0.25) is 0 Å². The number of nitrogen functional groups attached to an aromatic ring is 1. The van der Waals surface area contributed by atoms with Crippen molar-refractivity contribution in [1.82, 2.24) is 4.98 Å². The van der Waals surface area contributed by atoms with Gasteiger partial charge in [0.1, 0.15) is 4.88 Å². The Morgan fingerprint density at radius 2 is 1.95 bits per heavy atom. The van der Waals surface area contributed by atoms with Crippen LogP contribution in [0.1, 0.15) is 15.4 Å². The van der Waals surface area contributed by atoms with Crippen LogP contribution < -0.4 is 11.1 Å². The van der Waals surface area contributed by atoms with E-state index in [0.29, 0.717) is 15.7 Å². The Morgan fingerprint density at radius 1 is 1.20 bits per heavy atom. The lowest BCUT2D eigenvalue weighted by Gasteiger charge is -2.05. The first-order valence-corrected chi connectivity index (χ1v) is 6.98. The van der Waals surface area contributed by atoms with Gasteiger partial charge in [-0.25, -0.2) is 4.98 Å². The molecule has 0 unspecified atom stereocenters. The molecule has 0 saturated carbocycles. The second kappa shape index (κ2) is 4.94. The van der Waals surface area contributed by atoms with Gasteiger partial charge in [-0.15, -0.1) is 0 Å². The van der Waals surface area contributed by atoms with Crippen LogP contribution in [0.15, 0.2) is 42.5 Å². The van der Waals surface area contributed by atoms with Crippen LogP contribution in [0, 0.1) is 6.92 Å². The van der Waals surface area contributed by atoms with Gasteiger partial charge in [-0.3, -0.25) is 4.79 Å². The van der Waals surface area contributed by atoms with Crippen molar-refractivity contribution in [2.45, 2.75) is 6.92 Å². The number of amides is 1. The van der Waals surface area contributed by atoms with Crippen molar-refractivity contribution < 1.29 is 4.79 Å². The third-order valence-electron chi connectivity index (χ3n) is 3.03. The van der Waals surface area contributed by atoms with Gasteiger partial charge in [0, 0.05) is 5.69 Å². The third-order valence-corrected chi connectivity index (χ3v) is 4.01. The maximum atomic E-state index is 12.2. The number of thiazole rings is 1. The zero-order valence-corrected chi connectivity index (χ0v) is 11.7. The topological polar surface area (TPSA) is 68.0 Å². The number of benzene rings is 2. The van der Waals surface area contributed by atoms with Crippen LogP contribution in [0.4, 0.5) is 10.8 Å². The number of anilines is 2. The summed E-state index contributed by atoms with van der Waals surface area (Å²) in [6.45, 7) is 1.78. The quantitative estimate of drug-likeness (QED) is 0.757. The molecule has 0 aliphatic carbocycles. The molecule has 0 atom stereocenters. The Kier molecular flexibility index (Phi) is 3.12. The molecule has 3 rings (SSSR count). The van der Waals surface area contributed by atoms with E-state index in [1.165, 1.54) is 11.3 Å². The van der Waals surface area contributed by atoms with Crippen LogP contribution in [0.3, 0.4) is 0 Å². The molecule has 5 heteroatoms. The standard InChI is InChI=1S/C15H13N3OS/c1-9-13(20-15(16)17-9)14(19)18-12-7-6-10-4-2-3-5-11(10)8-12/h2-8H,1H3,(H2,16,17)(H,18,19). The largest absolute Gasteiger partial charge is 0.375 e. The minimum atomic E-state index is -0.174. The molecule has 2 aromatic carbocycles. The molecule has 0 aliphatic heterocycles. The van der Waals surface area contributed by atoms with Gasteiger partial charge in [-0.2, -0.15) is 0 Å². The van der Waals surface area contributed by atoms with E-state index in [2.05, 4.69) is 10.3 Å². The first-order valence-electron chi connectivity index (χ1n) is 6.16. The predicted molar refractivity (Wildman–Crippen MR) is 83.2 cm³/mol. The van der Waals surface area contributed by atoms with Crippen LogP contribution >= 0.6 is 11.3 Å². The molecule has 0 aliphatic rings. The maximum Gasteiger partial charge on any atom is 0.267 e.